The van der Waals surface area contributed by atoms with Crippen LogP contribution >= 0.6 is 11.6 Å². The molecule has 212 valence electrons. The Morgan fingerprint density at radius 1 is 1.00 bits per heavy atom. The van der Waals surface area contributed by atoms with Crippen LogP contribution in [0.1, 0.15) is 82.8 Å². The lowest BCUT2D eigenvalue weighted by molar-refractivity contribution is -0.151. The lowest BCUT2D eigenvalue weighted by atomic mass is 9.84. The summed E-state index contributed by atoms with van der Waals surface area (Å²) in [4.78, 5) is 12.4. The van der Waals surface area contributed by atoms with E-state index in [1.807, 2.05) is 6.08 Å². The molecule has 0 radical (unpaired) electrons. The molecule has 0 amide bonds. The van der Waals surface area contributed by atoms with Gasteiger partial charge >= 0.3 is 5.97 Å². The van der Waals surface area contributed by atoms with Gasteiger partial charge in [0.1, 0.15) is 6.10 Å². The second-order valence-corrected chi connectivity index (χ2v) is 11.5. The fourth-order valence-electron chi connectivity index (χ4n) is 5.32. The molecule has 1 fully saturated rings. The van der Waals surface area contributed by atoms with Crippen LogP contribution in [0.3, 0.4) is 0 Å². The van der Waals surface area contributed by atoms with E-state index in [1.54, 1.807) is 0 Å². The van der Waals surface area contributed by atoms with Gasteiger partial charge in [0, 0.05) is 18.6 Å². The second kappa shape index (κ2) is 17.4. The normalized spacial score (nSPS) is 18.2. The first-order valence-electron chi connectivity index (χ1n) is 14.9. The second-order valence-electron chi connectivity index (χ2n) is 10.9. The number of hydrogen-bond donors (Lipinski definition) is 0. The molecule has 3 rings (SSSR count). The molecular formula is C35H47ClO3. The van der Waals surface area contributed by atoms with E-state index in [9.17, 15) is 4.79 Å². The predicted molar refractivity (Wildman–Crippen MR) is 164 cm³/mol. The standard InChI is InChI=1S/C35H47ClO3/c1-4-23-38-24-9-10-27(3)25-29-12-8-13-32(26-29)30-17-15-28(16-18-30)11-6-7-14-35(37)39-34(5-2)31-19-21-33(36)22-20-31/h6-8,12-13,15-18,26,31,33-34H,3-5,9-11,14,19-25H2,1-2H3/b7-6+/t31?,33?,34-/m0/s1. The zero-order valence-electron chi connectivity index (χ0n) is 24.0. The number of esters is 1. The zero-order valence-corrected chi connectivity index (χ0v) is 24.8. The molecule has 0 N–H and O–H groups in total. The number of carbonyl (C=O) groups excluding carboxylic acids is 1. The molecule has 0 heterocycles. The Balaban J connectivity index is 1.42. The molecule has 0 spiro atoms. The summed E-state index contributed by atoms with van der Waals surface area (Å²) in [5.74, 6) is 0.320. The first-order chi connectivity index (χ1) is 19.0. The molecule has 0 aromatic heterocycles. The van der Waals surface area contributed by atoms with Crippen LogP contribution in [-0.2, 0) is 27.1 Å². The summed E-state index contributed by atoms with van der Waals surface area (Å²) in [6.45, 7) is 10.2. The molecule has 2 aromatic carbocycles. The molecule has 0 unspecified atom stereocenters. The van der Waals surface area contributed by atoms with Crippen molar-refractivity contribution in [2.45, 2.75) is 96.0 Å². The van der Waals surface area contributed by atoms with E-state index in [2.05, 4.69) is 75.0 Å². The van der Waals surface area contributed by atoms with E-state index in [0.29, 0.717) is 12.3 Å². The summed E-state index contributed by atoms with van der Waals surface area (Å²) in [5, 5.41) is 0.285. The molecule has 0 aliphatic heterocycles. The van der Waals surface area contributed by atoms with E-state index >= 15 is 0 Å². The molecule has 1 aliphatic rings. The third-order valence-corrected chi connectivity index (χ3v) is 7.99. The van der Waals surface area contributed by atoms with Gasteiger partial charge in [0.15, 0.2) is 0 Å². The van der Waals surface area contributed by atoms with Crippen molar-refractivity contribution in [3.05, 3.63) is 84.0 Å². The highest BCUT2D eigenvalue weighted by Crippen LogP contribution is 2.32. The summed E-state index contributed by atoms with van der Waals surface area (Å²) in [5.41, 5.74) is 6.20. The van der Waals surface area contributed by atoms with Crippen molar-refractivity contribution in [3.8, 4) is 11.1 Å². The zero-order chi connectivity index (χ0) is 27.9. The lowest BCUT2D eigenvalue weighted by Gasteiger charge is -2.31. The van der Waals surface area contributed by atoms with Gasteiger partial charge in [-0.15, -0.1) is 11.6 Å². The molecule has 39 heavy (non-hydrogen) atoms. The maximum Gasteiger partial charge on any atom is 0.309 e. The summed E-state index contributed by atoms with van der Waals surface area (Å²) in [6.07, 6.45) is 14.2. The fraction of sp³-hybridized carbons (Fsp3) is 0.514. The number of benzene rings is 2. The number of hydrogen-bond acceptors (Lipinski definition) is 3. The highest BCUT2D eigenvalue weighted by molar-refractivity contribution is 6.20. The first kappa shape index (κ1) is 31.2. The third kappa shape index (κ3) is 11.3. The number of carbonyl (C=O) groups is 1. The van der Waals surface area contributed by atoms with Crippen LogP contribution in [0.25, 0.3) is 11.1 Å². The number of rotatable bonds is 16. The van der Waals surface area contributed by atoms with Gasteiger partial charge < -0.3 is 9.47 Å². The van der Waals surface area contributed by atoms with Crippen LogP contribution in [0, 0.1) is 5.92 Å². The number of ether oxygens (including phenoxy) is 2. The molecule has 3 nitrogen and oxygen atoms in total. The Labute approximate surface area is 241 Å². The molecule has 0 saturated heterocycles. The van der Waals surface area contributed by atoms with E-state index in [4.69, 9.17) is 21.1 Å². The van der Waals surface area contributed by atoms with Crippen LogP contribution in [0.4, 0.5) is 0 Å². The quantitative estimate of drug-likeness (QED) is 0.0903. The SMILES string of the molecule is C=C(CCCOCCC)Cc1cccc(-c2ccc(C/C=C/CC(=O)O[C@@H](CC)C3CCC(Cl)CC3)cc2)c1. The van der Waals surface area contributed by atoms with Gasteiger partial charge in [-0.05, 0) is 92.4 Å². The van der Waals surface area contributed by atoms with E-state index < -0.39 is 0 Å². The van der Waals surface area contributed by atoms with Crippen molar-refractivity contribution < 1.29 is 14.3 Å². The smallest absolute Gasteiger partial charge is 0.309 e. The maximum absolute atomic E-state index is 12.4. The Morgan fingerprint density at radius 3 is 2.49 bits per heavy atom. The average molecular weight is 551 g/mol. The number of halogens is 1. The number of alkyl halides is 1. The Morgan fingerprint density at radius 2 is 1.77 bits per heavy atom. The van der Waals surface area contributed by atoms with Crippen LogP contribution in [0.15, 0.2) is 72.8 Å². The Hall–Kier alpha value is -2.36. The molecule has 4 heteroatoms. The van der Waals surface area contributed by atoms with E-state index in [0.717, 1.165) is 77.4 Å². The summed E-state index contributed by atoms with van der Waals surface area (Å²) in [7, 11) is 0. The Kier molecular flexibility index (Phi) is 13.9. The molecule has 1 saturated carbocycles. The van der Waals surface area contributed by atoms with Crippen molar-refractivity contribution in [2.24, 2.45) is 5.92 Å². The molecule has 0 bridgehead atoms. The van der Waals surface area contributed by atoms with Crippen molar-refractivity contribution >= 4 is 17.6 Å². The van der Waals surface area contributed by atoms with Gasteiger partial charge in [0.25, 0.3) is 0 Å². The Bertz CT molecular complexity index is 1030. The molecule has 1 atom stereocenters. The average Bonchev–Trinajstić information content (AvgIpc) is 2.95. The van der Waals surface area contributed by atoms with E-state index in [-0.39, 0.29) is 17.5 Å². The fourth-order valence-corrected chi connectivity index (χ4v) is 5.57. The largest absolute Gasteiger partial charge is 0.462 e. The number of allylic oxidation sites excluding steroid dienone is 2. The maximum atomic E-state index is 12.4. The third-order valence-electron chi connectivity index (χ3n) is 7.55. The molecule has 1 aliphatic carbocycles. The highest BCUT2D eigenvalue weighted by atomic mass is 35.5. The van der Waals surface area contributed by atoms with Gasteiger partial charge in [-0.1, -0.05) is 86.7 Å². The first-order valence-corrected chi connectivity index (χ1v) is 15.3. The van der Waals surface area contributed by atoms with Crippen molar-refractivity contribution in [2.75, 3.05) is 13.2 Å². The van der Waals surface area contributed by atoms with Crippen molar-refractivity contribution in [1.82, 2.24) is 0 Å². The van der Waals surface area contributed by atoms with E-state index in [1.165, 1.54) is 27.8 Å². The van der Waals surface area contributed by atoms with Gasteiger partial charge in [-0.2, -0.15) is 0 Å². The van der Waals surface area contributed by atoms with Crippen molar-refractivity contribution in [1.29, 1.82) is 0 Å². The van der Waals surface area contributed by atoms with Crippen molar-refractivity contribution in [3.63, 3.8) is 0 Å². The summed E-state index contributed by atoms with van der Waals surface area (Å²) < 4.78 is 11.4. The monoisotopic (exact) mass is 550 g/mol. The van der Waals surface area contributed by atoms with Gasteiger partial charge in [0.2, 0.25) is 0 Å². The van der Waals surface area contributed by atoms with Crippen LogP contribution in [-0.4, -0.2) is 30.7 Å². The van der Waals surface area contributed by atoms with Gasteiger partial charge in [-0.25, -0.2) is 0 Å². The highest BCUT2D eigenvalue weighted by Gasteiger charge is 2.28. The summed E-state index contributed by atoms with van der Waals surface area (Å²) >= 11 is 6.23. The minimum Gasteiger partial charge on any atom is -0.462 e. The van der Waals surface area contributed by atoms with Crippen LogP contribution in [0.5, 0.6) is 0 Å². The van der Waals surface area contributed by atoms with Gasteiger partial charge in [-0.3, -0.25) is 4.79 Å². The van der Waals surface area contributed by atoms with Crippen LogP contribution < -0.4 is 0 Å². The lowest BCUT2D eigenvalue weighted by Crippen LogP contribution is -2.30. The minimum atomic E-state index is -0.131. The van der Waals surface area contributed by atoms with Crippen LogP contribution in [0.2, 0.25) is 0 Å². The molecule has 2 aromatic rings. The minimum absolute atomic E-state index is 0.0179. The van der Waals surface area contributed by atoms with Gasteiger partial charge in [0.05, 0.1) is 6.42 Å². The predicted octanol–water partition coefficient (Wildman–Crippen LogP) is 9.27. The topological polar surface area (TPSA) is 35.5 Å². The molecular weight excluding hydrogens is 504 g/mol. The summed E-state index contributed by atoms with van der Waals surface area (Å²) in [6, 6.07) is 17.4.